The SMILES string of the molecule is CCC(CCS(C)(=O)=O)=C(F)C=C(C)C. The van der Waals surface area contributed by atoms with Crippen LogP contribution < -0.4 is 0 Å². The zero-order chi connectivity index (χ0) is 12.1. The van der Waals surface area contributed by atoms with Crippen LogP contribution in [0.4, 0.5) is 4.39 Å². The van der Waals surface area contributed by atoms with E-state index in [2.05, 4.69) is 0 Å². The predicted molar refractivity (Wildman–Crippen MR) is 62.2 cm³/mol. The molecule has 4 heteroatoms. The minimum Gasteiger partial charge on any atom is -0.229 e. The second-order valence-corrected chi connectivity index (χ2v) is 6.17. The fourth-order valence-corrected chi connectivity index (χ4v) is 1.75. The van der Waals surface area contributed by atoms with Gasteiger partial charge in [-0.3, -0.25) is 0 Å². The Labute approximate surface area is 91.8 Å². The zero-order valence-corrected chi connectivity index (χ0v) is 10.6. The summed E-state index contributed by atoms with van der Waals surface area (Å²) in [5, 5.41) is 0. The molecule has 0 radical (unpaired) electrons. The van der Waals surface area contributed by atoms with Crippen LogP contribution in [0.5, 0.6) is 0 Å². The highest BCUT2D eigenvalue weighted by Crippen LogP contribution is 2.17. The van der Waals surface area contributed by atoms with E-state index in [-0.39, 0.29) is 18.0 Å². The Kier molecular flexibility index (Phi) is 5.80. The first-order valence-corrected chi connectivity index (χ1v) is 7.02. The molecule has 0 unspecified atom stereocenters. The molecule has 0 aliphatic heterocycles. The topological polar surface area (TPSA) is 34.1 Å². The molecule has 0 bridgehead atoms. The smallest absolute Gasteiger partial charge is 0.147 e. The minimum absolute atomic E-state index is 0.0141. The number of allylic oxidation sites excluding steroid dienone is 4. The van der Waals surface area contributed by atoms with Crippen LogP contribution in [0.25, 0.3) is 0 Å². The van der Waals surface area contributed by atoms with Crippen molar-refractivity contribution in [3.8, 4) is 0 Å². The molecular formula is C11H19FO2S. The molecule has 0 atom stereocenters. The molecule has 0 saturated carbocycles. The Morgan fingerprint density at radius 3 is 2.20 bits per heavy atom. The molecule has 88 valence electrons. The molecule has 2 nitrogen and oxygen atoms in total. The number of halogens is 1. The van der Waals surface area contributed by atoms with Crippen LogP contribution in [-0.2, 0) is 9.84 Å². The summed E-state index contributed by atoms with van der Waals surface area (Å²) in [6.07, 6.45) is 3.44. The second-order valence-electron chi connectivity index (χ2n) is 3.91. The fraction of sp³-hybridized carbons (Fsp3) is 0.636. The van der Waals surface area contributed by atoms with Crippen molar-refractivity contribution in [1.82, 2.24) is 0 Å². The monoisotopic (exact) mass is 234 g/mol. The maximum Gasteiger partial charge on any atom is 0.147 e. The summed E-state index contributed by atoms with van der Waals surface area (Å²) in [7, 11) is -3.01. The number of rotatable bonds is 5. The van der Waals surface area contributed by atoms with E-state index in [9.17, 15) is 12.8 Å². The van der Waals surface area contributed by atoms with Crippen molar-refractivity contribution in [2.24, 2.45) is 0 Å². The van der Waals surface area contributed by atoms with Crippen molar-refractivity contribution < 1.29 is 12.8 Å². The molecule has 0 saturated heterocycles. The lowest BCUT2D eigenvalue weighted by Gasteiger charge is -2.04. The van der Waals surface area contributed by atoms with Crippen molar-refractivity contribution in [2.75, 3.05) is 12.0 Å². The Bertz CT molecular complexity index is 360. The first kappa shape index (κ1) is 14.4. The van der Waals surface area contributed by atoms with Gasteiger partial charge in [-0.1, -0.05) is 12.5 Å². The van der Waals surface area contributed by atoms with Gasteiger partial charge in [0.25, 0.3) is 0 Å². The van der Waals surface area contributed by atoms with Crippen LogP contribution in [0, 0.1) is 0 Å². The summed E-state index contributed by atoms with van der Waals surface area (Å²) >= 11 is 0. The summed E-state index contributed by atoms with van der Waals surface area (Å²) in [6, 6.07) is 0. The van der Waals surface area contributed by atoms with Crippen LogP contribution >= 0.6 is 0 Å². The highest BCUT2D eigenvalue weighted by Gasteiger charge is 2.07. The molecule has 0 aromatic rings. The molecule has 0 heterocycles. The summed E-state index contributed by atoms with van der Waals surface area (Å²) in [5.41, 5.74) is 1.44. The van der Waals surface area contributed by atoms with Crippen molar-refractivity contribution in [2.45, 2.75) is 33.6 Å². The summed E-state index contributed by atoms with van der Waals surface area (Å²) in [4.78, 5) is 0. The molecule has 0 N–H and O–H groups in total. The third-order valence-electron chi connectivity index (χ3n) is 1.95. The Hall–Kier alpha value is -0.640. The first-order valence-electron chi connectivity index (χ1n) is 4.96. The Morgan fingerprint density at radius 2 is 1.87 bits per heavy atom. The molecule has 0 aliphatic carbocycles. The van der Waals surface area contributed by atoms with E-state index in [1.165, 1.54) is 12.3 Å². The lowest BCUT2D eigenvalue weighted by Crippen LogP contribution is -2.04. The standard InChI is InChI=1S/C11H19FO2S/c1-5-10(6-7-15(4,13)14)11(12)8-9(2)3/h8H,5-7H2,1-4H3. The maximum absolute atomic E-state index is 13.5. The molecule has 0 aliphatic rings. The summed E-state index contributed by atoms with van der Waals surface area (Å²) < 4.78 is 35.4. The van der Waals surface area contributed by atoms with Crippen LogP contribution in [-0.4, -0.2) is 20.4 Å². The average molecular weight is 234 g/mol. The largest absolute Gasteiger partial charge is 0.229 e. The molecular weight excluding hydrogens is 215 g/mol. The minimum atomic E-state index is -3.01. The van der Waals surface area contributed by atoms with Gasteiger partial charge in [0.2, 0.25) is 0 Å². The number of hydrogen-bond acceptors (Lipinski definition) is 2. The summed E-state index contributed by atoms with van der Waals surface area (Å²) in [6.45, 7) is 5.45. The first-order chi connectivity index (χ1) is 6.76. The van der Waals surface area contributed by atoms with Gasteiger partial charge < -0.3 is 0 Å². The third-order valence-corrected chi connectivity index (χ3v) is 2.90. The van der Waals surface area contributed by atoms with Gasteiger partial charge in [0.1, 0.15) is 15.7 Å². The van der Waals surface area contributed by atoms with Gasteiger partial charge in [-0.2, -0.15) is 0 Å². The van der Waals surface area contributed by atoms with Crippen LogP contribution in [0.1, 0.15) is 33.6 Å². The normalized spacial score (nSPS) is 13.4. The molecule has 0 spiro atoms. The lowest BCUT2D eigenvalue weighted by molar-refractivity contribution is 0.598. The number of sulfone groups is 1. The Morgan fingerprint density at radius 1 is 1.33 bits per heavy atom. The van der Waals surface area contributed by atoms with Gasteiger partial charge in [0, 0.05) is 6.26 Å². The molecule has 0 amide bonds. The van der Waals surface area contributed by atoms with Gasteiger partial charge in [0.15, 0.2) is 0 Å². The van der Waals surface area contributed by atoms with Gasteiger partial charge in [-0.15, -0.1) is 0 Å². The molecule has 0 fully saturated rings. The van der Waals surface area contributed by atoms with E-state index in [0.29, 0.717) is 12.0 Å². The van der Waals surface area contributed by atoms with E-state index < -0.39 is 9.84 Å². The maximum atomic E-state index is 13.5. The van der Waals surface area contributed by atoms with Crippen molar-refractivity contribution in [3.05, 3.63) is 23.0 Å². The summed E-state index contributed by atoms with van der Waals surface area (Å²) in [5.74, 6) is -0.277. The van der Waals surface area contributed by atoms with E-state index >= 15 is 0 Å². The fourth-order valence-electron chi connectivity index (χ4n) is 1.13. The molecule has 0 aromatic carbocycles. The van der Waals surface area contributed by atoms with Crippen molar-refractivity contribution >= 4 is 9.84 Å². The van der Waals surface area contributed by atoms with Crippen LogP contribution in [0.15, 0.2) is 23.0 Å². The third kappa shape index (κ3) is 7.31. The van der Waals surface area contributed by atoms with Gasteiger partial charge >= 0.3 is 0 Å². The Balaban J connectivity index is 4.70. The highest BCUT2D eigenvalue weighted by atomic mass is 32.2. The van der Waals surface area contributed by atoms with Gasteiger partial charge in [0.05, 0.1) is 5.75 Å². The van der Waals surface area contributed by atoms with Crippen LogP contribution in [0.3, 0.4) is 0 Å². The number of hydrogen-bond donors (Lipinski definition) is 0. The van der Waals surface area contributed by atoms with Gasteiger partial charge in [-0.25, -0.2) is 12.8 Å². The molecule has 15 heavy (non-hydrogen) atoms. The second kappa shape index (κ2) is 6.05. The predicted octanol–water partition coefficient (Wildman–Crippen LogP) is 3.02. The van der Waals surface area contributed by atoms with E-state index in [0.717, 1.165) is 5.57 Å². The highest BCUT2D eigenvalue weighted by molar-refractivity contribution is 7.90. The average Bonchev–Trinajstić information content (AvgIpc) is 2.01. The molecule has 0 rings (SSSR count). The van der Waals surface area contributed by atoms with E-state index in [4.69, 9.17) is 0 Å². The quantitative estimate of drug-likeness (QED) is 0.685. The lowest BCUT2D eigenvalue weighted by atomic mass is 10.1. The van der Waals surface area contributed by atoms with Crippen molar-refractivity contribution in [3.63, 3.8) is 0 Å². The van der Waals surface area contributed by atoms with Crippen molar-refractivity contribution in [1.29, 1.82) is 0 Å². The van der Waals surface area contributed by atoms with E-state index in [1.807, 2.05) is 20.8 Å². The van der Waals surface area contributed by atoms with Crippen LogP contribution in [0.2, 0.25) is 0 Å². The molecule has 0 aromatic heterocycles. The van der Waals surface area contributed by atoms with Gasteiger partial charge in [-0.05, 0) is 38.3 Å². The van der Waals surface area contributed by atoms with E-state index in [1.54, 1.807) is 0 Å². The zero-order valence-electron chi connectivity index (χ0n) is 9.80.